The van der Waals surface area contributed by atoms with Crippen molar-refractivity contribution < 1.29 is 22.7 Å². The number of hydrogen-bond donors (Lipinski definition) is 2. The van der Waals surface area contributed by atoms with Crippen LogP contribution in [0.25, 0.3) is 22.2 Å². The molecule has 2 fully saturated rings. The molecule has 0 bridgehead atoms. The molecule has 0 unspecified atom stereocenters. The summed E-state index contributed by atoms with van der Waals surface area (Å²) in [7, 11) is 1.67. The minimum atomic E-state index is -0.670. The number of carbonyl (C=O) groups excluding carboxylic acids is 1. The van der Waals surface area contributed by atoms with Gasteiger partial charge >= 0.3 is 0 Å². The Hall–Kier alpha value is -2.80. The maximum Gasteiger partial charge on any atom is 0.223 e. The second-order valence-corrected chi connectivity index (χ2v) is 9.25. The molecule has 2 aliphatic rings. The van der Waals surface area contributed by atoms with Crippen molar-refractivity contribution in [2.75, 3.05) is 20.3 Å². The molecule has 168 valence electrons. The molecule has 0 aliphatic heterocycles. The SMILES string of the molecule is COCC1(CNC(=O)[C@H]2C[C@H](c3c(-c4ccc(F)cc4)[nH]c4c(F)cc(F)cc43)C2)CC1. The number of amides is 1. The van der Waals surface area contributed by atoms with Crippen molar-refractivity contribution in [2.24, 2.45) is 11.3 Å². The molecule has 1 heterocycles. The van der Waals surface area contributed by atoms with Crippen LogP contribution in [0.5, 0.6) is 0 Å². The highest BCUT2D eigenvalue weighted by atomic mass is 19.1. The Morgan fingerprint density at radius 2 is 1.84 bits per heavy atom. The van der Waals surface area contributed by atoms with Gasteiger partial charge in [-0.3, -0.25) is 4.79 Å². The highest BCUT2D eigenvalue weighted by Gasteiger charge is 2.44. The average molecular weight is 442 g/mol. The lowest BCUT2D eigenvalue weighted by Crippen LogP contribution is -2.41. The van der Waals surface area contributed by atoms with Crippen molar-refractivity contribution in [2.45, 2.75) is 31.6 Å². The minimum absolute atomic E-state index is 0.0177. The highest BCUT2D eigenvalue weighted by Crippen LogP contribution is 2.49. The molecular weight excluding hydrogens is 417 g/mol. The van der Waals surface area contributed by atoms with E-state index in [0.29, 0.717) is 42.6 Å². The minimum Gasteiger partial charge on any atom is -0.384 e. The van der Waals surface area contributed by atoms with Crippen LogP contribution in [-0.2, 0) is 9.53 Å². The molecule has 2 N–H and O–H groups in total. The second-order valence-electron chi connectivity index (χ2n) is 9.25. The zero-order valence-electron chi connectivity index (χ0n) is 17.8. The molecule has 4 nitrogen and oxygen atoms in total. The molecule has 0 radical (unpaired) electrons. The summed E-state index contributed by atoms with van der Waals surface area (Å²) in [6.07, 6.45) is 3.31. The van der Waals surface area contributed by atoms with Crippen molar-refractivity contribution in [3.8, 4) is 11.3 Å². The van der Waals surface area contributed by atoms with E-state index in [9.17, 15) is 18.0 Å². The number of halogens is 3. The van der Waals surface area contributed by atoms with E-state index in [1.54, 1.807) is 19.2 Å². The van der Waals surface area contributed by atoms with Gasteiger partial charge in [0.15, 0.2) is 0 Å². The monoisotopic (exact) mass is 442 g/mol. The number of benzene rings is 2. The first-order chi connectivity index (χ1) is 15.4. The van der Waals surface area contributed by atoms with E-state index >= 15 is 0 Å². The first kappa shape index (κ1) is 21.1. The summed E-state index contributed by atoms with van der Waals surface area (Å²) in [5.74, 6) is -1.83. The van der Waals surface area contributed by atoms with Gasteiger partial charge in [0, 0.05) is 36.4 Å². The summed E-state index contributed by atoms with van der Waals surface area (Å²) in [4.78, 5) is 15.7. The third-order valence-electron chi connectivity index (χ3n) is 6.96. The molecule has 3 aromatic rings. The lowest BCUT2D eigenvalue weighted by molar-refractivity contribution is -0.128. The van der Waals surface area contributed by atoms with Crippen molar-refractivity contribution in [1.82, 2.24) is 10.3 Å². The topological polar surface area (TPSA) is 54.1 Å². The fourth-order valence-electron chi connectivity index (χ4n) is 4.85. The maximum atomic E-state index is 14.5. The number of methoxy groups -OCH3 is 1. The predicted octanol–water partition coefficient (Wildman–Crippen LogP) is 5.29. The molecular formula is C25H25F3N2O2. The van der Waals surface area contributed by atoms with Gasteiger partial charge in [0.1, 0.15) is 17.5 Å². The number of aromatic amines is 1. The molecule has 5 rings (SSSR count). The molecule has 2 aromatic carbocycles. The van der Waals surface area contributed by atoms with Gasteiger partial charge in [-0.15, -0.1) is 0 Å². The van der Waals surface area contributed by atoms with E-state index in [1.165, 1.54) is 18.2 Å². The summed E-state index contributed by atoms with van der Waals surface area (Å²) in [5.41, 5.74) is 2.43. The van der Waals surface area contributed by atoms with Gasteiger partial charge in [0.05, 0.1) is 17.8 Å². The third kappa shape index (κ3) is 3.79. The van der Waals surface area contributed by atoms with E-state index in [-0.39, 0.29) is 34.5 Å². The quantitative estimate of drug-likeness (QED) is 0.523. The fraction of sp³-hybridized carbons (Fsp3) is 0.400. The van der Waals surface area contributed by atoms with Crippen LogP contribution in [0, 0.1) is 28.8 Å². The first-order valence-electron chi connectivity index (χ1n) is 10.9. The van der Waals surface area contributed by atoms with E-state index < -0.39 is 11.6 Å². The van der Waals surface area contributed by atoms with Crippen LogP contribution in [0.2, 0.25) is 0 Å². The molecule has 1 aromatic heterocycles. The smallest absolute Gasteiger partial charge is 0.223 e. The van der Waals surface area contributed by atoms with Gasteiger partial charge in [-0.05, 0) is 73.1 Å². The molecule has 2 aliphatic carbocycles. The zero-order valence-corrected chi connectivity index (χ0v) is 17.8. The van der Waals surface area contributed by atoms with Crippen molar-refractivity contribution >= 4 is 16.8 Å². The van der Waals surface area contributed by atoms with Crippen molar-refractivity contribution in [3.63, 3.8) is 0 Å². The molecule has 0 spiro atoms. The summed E-state index contributed by atoms with van der Waals surface area (Å²) >= 11 is 0. The van der Waals surface area contributed by atoms with E-state index in [2.05, 4.69) is 10.3 Å². The Morgan fingerprint density at radius 3 is 2.50 bits per heavy atom. The fourth-order valence-corrected chi connectivity index (χ4v) is 4.85. The number of nitrogens with one attached hydrogen (secondary N) is 2. The van der Waals surface area contributed by atoms with Gasteiger partial charge in [-0.2, -0.15) is 0 Å². The van der Waals surface area contributed by atoms with Crippen LogP contribution in [-0.4, -0.2) is 31.2 Å². The summed E-state index contributed by atoms with van der Waals surface area (Å²) in [6.45, 7) is 1.26. The van der Waals surface area contributed by atoms with E-state index in [0.717, 1.165) is 24.5 Å². The lowest BCUT2D eigenvalue weighted by atomic mass is 9.70. The lowest BCUT2D eigenvalue weighted by Gasteiger charge is -2.35. The van der Waals surface area contributed by atoms with E-state index in [1.807, 2.05) is 0 Å². The summed E-state index contributed by atoms with van der Waals surface area (Å²) < 4.78 is 47.2. The number of carbonyl (C=O) groups is 1. The van der Waals surface area contributed by atoms with Crippen LogP contribution in [0.3, 0.4) is 0 Å². The molecule has 1 amide bonds. The molecule has 0 atom stereocenters. The predicted molar refractivity (Wildman–Crippen MR) is 116 cm³/mol. The number of hydrogen-bond acceptors (Lipinski definition) is 2. The zero-order chi connectivity index (χ0) is 22.5. The average Bonchev–Trinajstić information content (AvgIpc) is 3.39. The second kappa shape index (κ2) is 7.96. The Balaban J connectivity index is 1.39. The molecule has 0 saturated heterocycles. The Morgan fingerprint density at radius 1 is 1.12 bits per heavy atom. The highest BCUT2D eigenvalue weighted by molar-refractivity contribution is 5.92. The third-order valence-corrected chi connectivity index (χ3v) is 6.96. The standard InChI is InChI=1S/C25H25F3N2O2/c1-32-13-25(6-7-25)12-29-24(31)16-8-15(9-16)21-19-10-18(27)11-20(28)23(19)30-22(21)14-2-4-17(26)5-3-14/h2-5,10-11,15-16,30H,6-9,12-13H2,1H3,(H,29,31)/t15-,16-. The number of H-pyrrole nitrogens is 1. The number of rotatable bonds is 7. The largest absolute Gasteiger partial charge is 0.384 e. The van der Waals surface area contributed by atoms with Gasteiger partial charge in [-0.1, -0.05) is 0 Å². The maximum absolute atomic E-state index is 14.5. The van der Waals surface area contributed by atoms with Crippen molar-refractivity contribution in [3.05, 3.63) is 59.4 Å². The van der Waals surface area contributed by atoms with Gasteiger partial charge in [0.2, 0.25) is 5.91 Å². The van der Waals surface area contributed by atoms with Gasteiger partial charge in [0.25, 0.3) is 0 Å². The molecule has 7 heteroatoms. The van der Waals surface area contributed by atoms with Gasteiger partial charge < -0.3 is 15.0 Å². The Kier molecular flexibility index (Phi) is 5.24. The number of ether oxygens (including phenoxy) is 1. The number of aromatic nitrogens is 1. The Labute approximate surface area is 184 Å². The molecule has 32 heavy (non-hydrogen) atoms. The summed E-state index contributed by atoms with van der Waals surface area (Å²) in [5, 5.41) is 3.53. The van der Waals surface area contributed by atoms with E-state index in [4.69, 9.17) is 4.74 Å². The van der Waals surface area contributed by atoms with Crippen LogP contribution >= 0.6 is 0 Å². The first-order valence-corrected chi connectivity index (χ1v) is 10.9. The van der Waals surface area contributed by atoms with Crippen molar-refractivity contribution in [1.29, 1.82) is 0 Å². The normalized spacial score (nSPS) is 21.4. The molecule has 2 saturated carbocycles. The van der Waals surface area contributed by atoms with Crippen LogP contribution < -0.4 is 5.32 Å². The number of fused-ring (bicyclic) bond motifs is 1. The Bertz CT molecular complexity index is 1160. The van der Waals surface area contributed by atoms with Crippen LogP contribution in [0.15, 0.2) is 36.4 Å². The summed E-state index contributed by atoms with van der Waals surface area (Å²) in [6, 6.07) is 8.09. The van der Waals surface area contributed by atoms with Crippen LogP contribution in [0.1, 0.15) is 37.2 Å². The van der Waals surface area contributed by atoms with Crippen LogP contribution in [0.4, 0.5) is 13.2 Å². The van der Waals surface area contributed by atoms with Gasteiger partial charge in [-0.25, -0.2) is 13.2 Å².